The lowest BCUT2D eigenvalue weighted by Crippen LogP contribution is -2.46. The van der Waals surface area contributed by atoms with Gasteiger partial charge in [-0.2, -0.15) is 0 Å². The third kappa shape index (κ3) is 5.93. The van der Waals surface area contributed by atoms with Crippen LogP contribution in [-0.2, 0) is 17.9 Å². The summed E-state index contributed by atoms with van der Waals surface area (Å²) in [5.74, 6) is 0.846. The van der Waals surface area contributed by atoms with Crippen LogP contribution >= 0.6 is 11.6 Å². The number of hydrogen-bond donors (Lipinski definition) is 1. The molecule has 9 heteroatoms. The molecule has 1 amide bonds. The average Bonchev–Trinajstić information content (AvgIpc) is 3.32. The molecule has 0 saturated carbocycles. The van der Waals surface area contributed by atoms with Gasteiger partial charge in [-0.3, -0.25) is 14.5 Å². The highest BCUT2D eigenvalue weighted by molar-refractivity contribution is 6.30. The fraction of sp³-hybridized carbons (Fsp3) is 0.304. The van der Waals surface area contributed by atoms with Crippen molar-refractivity contribution in [1.29, 1.82) is 0 Å². The van der Waals surface area contributed by atoms with Crippen molar-refractivity contribution in [3.05, 3.63) is 81.8 Å². The highest BCUT2D eigenvalue weighted by atomic mass is 35.5. The number of nitrogens with zero attached hydrogens (tertiary/aromatic N) is 2. The van der Waals surface area contributed by atoms with Crippen LogP contribution in [0.25, 0.3) is 0 Å². The number of nitrogens with one attached hydrogen (secondary N) is 1. The van der Waals surface area contributed by atoms with Crippen molar-refractivity contribution in [3.8, 4) is 5.75 Å². The molecule has 3 aromatic rings. The molecule has 1 fully saturated rings. The van der Waals surface area contributed by atoms with Gasteiger partial charge in [0, 0.05) is 43.0 Å². The molecular formula is C23H24ClN3O5. The maximum absolute atomic E-state index is 12.3. The first kappa shape index (κ1) is 22.0. The van der Waals surface area contributed by atoms with Gasteiger partial charge in [0.1, 0.15) is 17.8 Å². The number of benzene rings is 1. The van der Waals surface area contributed by atoms with Gasteiger partial charge in [-0.05, 0) is 36.4 Å². The molecule has 0 atom stereocenters. The number of ether oxygens (including phenoxy) is 1. The first-order chi connectivity index (χ1) is 15.6. The van der Waals surface area contributed by atoms with E-state index in [0.717, 1.165) is 36.9 Å². The molecule has 0 unspecified atom stereocenters. The number of carbonyl (C=O) groups excluding carboxylic acids is 1. The van der Waals surface area contributed by atoms with Crippen LogP contribution < -0.4 is 20.4 Å². The van der Waals surface area contributed by atoms with Gasteiger partial charge in [-0.15, -0.1) is 0 Å². The molecule has 3 heterocycles. The number of amides is 1. The summed E-state index contributed by atoms with van der Waals surface area (Å²) in [7, 11) is 0. The first-order valence-electron chi connectivity index (χ1n) is 10.3. The molecule has 0 spiro atoms. The van der Waals surface area contributed by atoms with Crippen molar-refractivity contribution in [2.45, 2.75) is 13.1 Å². The molecule has 8 nitrogen and oxygen atoms in total. The average molecular weight is 458 g/mol. The highest BCUT2D eigenvalue weighted by Crippen LogP contribution is 2.20. The van der Waals surface area contributed by atoms with Gasteiger partial charge in [0.15, 0.2) is 6.61 Å². The molecule has 1 aromatic carbocycles. The Bertz CT molecular complexity index is 1070. The molecule has 4 rings (SSSR count). The summed E-state index contributed by atoms with van der Waals surface area (Å²) < 4.78 is 16.0. The van der Waals surface area contributed by atoms with Crippen molar-refractivity contribution in [2.24, 2.45) is 0 Å². The van der Waals surface area contributed by atoms with Gasteiger partial charge in [0.05, 0.1) is 19.4 Å². The van der Waals surface area contributed by atoms with Gasteiger partial charge < -0.3 is 23.8 Å². The van der Waals surface area contributed by atoms with Crippen LogP contribution in [0.3, 0.4) is 0 Å². The molecule has 0 radical (unpaired) electrons. The Balaban J connectivity index is 1.23. The Hall–Kier alpha value is -3.23. The van der Waals surface area contributed by atoms with Crippen LogP contribution in [-0.4, -0.2) is 43.6 Å². The number of rotatable bonds is 8. The number of anilines is 1. The van der Waals surface area contributed by atoms with E-state index in [4.69, 9.17) is 25.2 Å². The van der Waals surface area contributed by atoms with E-state index in [1.54, 1.807) is 12.1 Å². The van der Waals surface area contributed by atoms with E-state index in [1.807, 2.05) is 24.3 Å². The summed E-state index contributed by atoms with van der Waals surface area (Å²) in [6.07, 6.45) is 2.80. The Kier molecular flexibility index (Phi) is 7.14. The van der Waals surface area contributed by atoms with Gasteiger partial charge >= 0.3 is 0 Å². The minimum absolute atomic E-state index is 0.00876. The predicted molar refractivity (Wildman–Crippen MR) is 120 cm³/mol. The van der Waals surface area contributed by atoms with Crippen LogP contribution in [0.5, 0.6) is 5.75 Å². The second-order valence-corrected chi connectivity index (χ2v) is 7.90. The zero-order chi connectivity index (χ0) is 22.3. The molecule has 2 aromatic heterocycles. The van der Waals surface area contributed by atoms with Crippen LogP contribution in [0.4, 0.5) is 5.69 Å². The second kappa shape index (κ2) is 10.4. The van der Waals surface area contributed by atoms with E-state index in [0.29, 0.717) is 18.1 Å². The first-order valence-corrected chi connectivity index (χ1v) is 10.7. The van der Waals surface area contributed by atoms with E-state index >= 15 is 0 Å². The standard InChI is InChI=1S/C23H24ClN3O5/c24-17-3-5-18(6-4-17)27-9-7-26(8-10-27)14-20-12-21(28)22(15-31-20)32-16-23(29)25-13-19-2-1-11-30-19/h1-6,11-12,15H,7-10,13-14,16H2,(H,25,29). The lowest BCUT2D eigenvalue weighted by atomic mass is 10.2. The van der Waals surface area contributed by atoms with Crippen molar-refractivity contribution in [2.75, 3.05) is 37.7 Å². The third-order valence-electron chi connectivity index (χ3n) is 5.19. The van der Waals surface area contributed by atoms with Crippen molar-refractivity contribution in [3.63, 3.8) is 0 Å². The smallest absolute Gasteiger partial charge is 0.258 e. The van der Waals surface area contributed by atoms with Crippen molar-refractivity contribution < 1.29 is 18.4 Å². The SMILES string of the molecule is O=C(COc1coc(CN2CCN(c3ccc(Cl)cc3)CC2)cc1=O)NCc1ccco1. The number of halogens is 1. The number of hydrogen-bond acceptors (Lipinski definition) is 7. The summed E-state index contributed by atoms with van der Waals surface area (Å²) in [5, 5.41) is 3.38. The maximum Gasteiger partial charge on any atom is 0.258 e. The Morgan fingerprint density at radius 1 is 1.06 bits per heavy atom. The molecule has 1 aliphatic heterocycles. The molecule has 168 valence electrons. The highest BCUT2D eigenvalue weighted by Gasteiger charge is 2.18. The fourth-order valence-corrected chi connectivity index (χ4v) is 3.58. The van der Waals surface area contributed by atoms with Gasteiger partial charge in [-0.1, -0.05) is 11.6 Å². The van der Waals surface area contributed by atoms with Crippen LogP contribution in [0.1, 0.15) is 11.5 Å². The Morgan fingerprint density at radius 2 is 1.84 bits per heavy atom. The van der Waals surface area contributed by atoms with Crippen molar-refractivity contribution in [1.82, 2.24) is 10.2 Å². The van der Waals surface area contributed by atoms with Crippen LogP contribution in [0, 0.1) is 0 Å². The third-order valence-corrected chi connectivity index (χ3v) is 5.45. The lowest BCUT2D eigenvalue weighted by Gasteiger charge is -2.35. The van der Waals surface area contributed by atoms with E-state index in [2.05, 4.69) is 15.1 Å². The van der Waals surface area contributed by atoms with Gasteiger partial charge in [0.2, 0.25) is 11.2 Å². The molecule has 1 aliphatic rings. The number of carbonyl (C=O) groups is 1. The lowest BCUT2D eigenvalue weighted by molar-refractivity contribution is -0.123. The zero-order valence-corrected chi connectivity index (χ0v) is 18.2. The summed E-state index contributed by atoms with van der Waals surface area (Å²) in [6, 6.07) is 12.7. The summed E-state index contributed by atoms with van der Waals surface area (Å²) in [5.41, 5.74) is 0.833. The summed E-state index contributed by atoms with van der Waals surface area (Å²) >= 11 is 5.96. The van der Waals surface area contributed by atoms with Gasteiger partial charge in [0.25, 0.3) is 5.91 Å². The molecule has 0 aliphatic carbocycles. The number of furan rings is 1. The minimum Gasteiger partial charge on any atom is -0.477 e. The van der Waals surface area contributed by atoms with E-state index < -0.39 is 0 Å². The topological polar surface area (TPSA) is 88.2 Å². The normalized spacial score (nSPS) is 14.3. The largest absolute Gasteiger partial charge is 0.477 e. The molecule has 0 bridgehead atoms. The van der Waals surface area contributed by atoms with E-state index in [1.165, 1.54) is 18.6 Å². The van der Waals surface area contributed by atoms with E-state index in [9.17, 15) is 9.59 Å². The monoisotopic (exact) mass is 457 g/mol. The van der Waals surface area contributed by atoms with E-state index in [-0.39, 0.29) is 30.2 Å². The fourth-order valence-electron chi connectivity index (χ4n) is 3.46. The molecule has 1 N–H and O–H groups in total. The molecule has 1 saturated heterocycles. The number of piperazine rings is 1. The maximum atomic E-state index is 12.3. The predicted octanol–water partition coefficient (Wildman–Crippen LogP) is 2.90. The molecule has 32 heavy (non-hydrogen) atoms. The zero-order valence-electron chi connectivity index (χ0n) is 17.5. The summed E-state index contributed by atoms with van der Waals surface area (Å²) in [4.78, 5) is 28.7. The van der Waals surface area contributed by atoms with Crippen molar-refractivity contribution >= 4 is 23.2 Å². The quantitative estimate of drug-likeness (QED) is 0.556. The second-order valence-electron chi connectivity index (χ2n) is 7.46. The Morgan fingerprint density at radius 3 is 2.53 bits per heavy atom. The van der Waals surface area contributed by atoms with Crippen LogP contribution in [0.15, 0.2) is 68.6 Å². The minimum atomic E-state index is -0.358. The summed E-state index contributed by atoms with van der Waals surface area (Å²) in [6.45, 7) is 3.96. The van der Waals surface area contributed by atoms with Gasteiger partial charge in [-0.25, -0.2) is 0 Å². The van der Waals surface area contributed by atoms with Crippen LogP contribution in [0.2, 0.25) is 5.02 Å². The molecular weight excluding hydrogens is 434 g/mol. The Labute approximate surface area is 190 Å².